The largest absolute Gasteiger partial charge is 0.348 e. The quantitative estimate of drug-likeness (QED) is 0.919. The van der Waals surface area contributed by atoms with Crippen molar-refractivity contribution < 1.29 is 9.18 Å². The molecule has 100 valence electrons. The van der Waals surface area contributed by atoms with E-state index in [0.717, 1.165) is 11.3 Å². The summed E-state index contributed by atoms with van der Waals surface area (Å²) >= 11 is 0. The number of amides is 1. The summed E-state index contributed by atoms with van der Waals surface area (Å²) in [5.41, 5.74) is 2.43. The number of carbonyl (C=O) groups is 1. The van der Waals surface area contributed by atoms with Crippen LogP contribution in [0.25, 0.3) is 0 Å². The summed E-state index contributed by atoms with van der Waals surface area (Å²) in [6.07, 6.45) is 1.70. The maximum absolute atomic E-state index is 13.8. The third-order valence-corrected chi connectivity index (χ3v) is 3.21. The topological polar surface area (TPSA) is 46.9 Å². The van der Waals surface area contributed by atoms with Crippen LogP contribution in [0.4, 0.5) is 4.39 Å². The van der Waals surface area contributed by atoms with E-state index in [9.17, 15) is 9.18 Å². The fourth-order valence-corrected chi connectivity index (χ4v) is 1.81. The molecule has 0 spiro atoms. The number of nitrogens with zero attached hydrogens (tertiary/aromatic N) is 2. The van der Waals surface area contributed by atoms with Crippen molar-refractivity contribution in [1.82, 2.24) is 15.1 Å². The third kappa shape index (κ3) is 2.65. The molecule has 0 aliphatic rings. The highest BCUT2D eigenvalue weighted by molar-refractivity contribution is 5.94. The van der Waals surface area contributed by atoms with Gasteiger partial charge in [0.15, 0.2) is 0 Å². The smallest absolute Gasteiger partial charge is 0.254 e. The van der Waals surface area contributed by atoms with Crippen molar-refractivity contribution in [3.05, 3.63) is 52.6 Å². The minimum atomic E-state index is -0.470. The third-order valence-electron chi connectivity index (χ3n) is 3.21. The highest BCUT2D eigenvalue weighted by atomic mass is 19.1. The van der Waals surface area contributed by atoms with E-state index in [0.29, 0.717) is 12.1 Å². The molecule has 19 heavy (non-hydrogen) atoms. The lowest BCUT2D eigenvalue weighted by Crippen LogP contribution is -2.24. The summed E-state index contributed by atoms with van der Waals surface area (Å²) in [5.74, 6) is -0.882. The highest BCUT2D eigenvalue weighted by Gasteiger charge is 2.13. The van der Waals surface area contributed by atoms with E-state index in [4.69, 9.17) is 0 Å². The number of carbonyl (C=O) groups excluding carboxylic acids is 1. The highest BCUT2D eigenvalue weighted by Crippen LogP contribution is 2.12. The lowest BCUT2D eigenvalue weighted by atomic mass is 10.1. The normalized spacial score (nSPS) is 10.5. The molecule has 0 bridgehead atoms. The Balaban J connectivity index is 2.10. The molecule has 1 heterocycles. The van der Waals surface area contributed by atoms with Gasteiger partial charge in [0.1, 0.15) is 5.82 Å². The van der Waals surface area contributed by atoms with Gasteiger partial charge in [-0.05, 0) is 25.5 Å². The summed E-state index contributed by atoms with van der Waals surface area (Å²) in [7, 11) is 1.83. The Hall–Kier alpha value is -2.17. The molecule has 1 aromatic carbocycles. The van der Waals surface area contributed by atoms with Gasteiger partial charge in [0, 0.05) is 24.8 Å². The van der Waals surface area contributed by atoms with Crippen LogP contribution in [0.5, 0.6) is 0 Å². The Kier molecular flexibility index (Phi) is 3.64. The van der Waals surface area contributed by atoms with Crippen molar-refractivity contribution >= 4 is 5.91 Å². The van der Waals surface area contributed by atoms with E-state index in [-0.39, 0.29) is 5.56 Å². The van der Waals surface area contributed by atoms with Crippen molar-refractivity contribution in [3.8, 4) is 0 Å². The minimum Gasteiger partial charge on any atom is -0.348 e. The number of aryl methyl sites for hydroxylation is 2. The predicted octanol–water partition coefficient (Wildman–Crippen LogP) is 2.11. The molecule has 0 aliphatic carbocycles. The monoisotopic (exact) mass is 261 g/mol. The van der Waals surface area contributed by atoms with E-state index in [2.05, 4.69) is 10.4 Å². The van der Waals surface area contributed by atoms with Crippen LogP contribution in [-0.2, 0) is 13.6 Å². The number of aromatic nitrogens is 2. The van der Waals surface area contributed by atoms with Crippen LogP contribution in [0.1, 0.15) is 27.2 Å². The molecule has 2 aromatic rings. The number of rotatable bonds is 3. The molecule has 0 atom stereocenters. The Morgan fingerprint density at radius 2 is 2.16 bits per heavy atom. The van der Waals surface area contributed by atoms with Gasteiger partial charge in [-0.2, -0.15) is 5.10 Å². The molecule has 1 amide bonds. The molecule has 4 nitrogen and oxygen atoms in total. The number of hydrogen-bond acceptors (Lipinski definition) is 2. The van der Waals surface area contributed by atoms with Gasteiger partial charge < -0.3 is 5.32 Å². The van der Waals surface area contributed by atoms with E-state index in [1.54, 1.807) is 29.9 Å². The molecule has 0 unspecified atom stereocenters. The van der Waals surface area contributed by atoms with Gasteiger partial charge in [-0.1, -0.05) is 12.1 Å². The van der Waals surface area contributed by atoms with Crippen LogP contribution in [0.2, 0.25) is 0 Å². The molecule has 0 saturated heterocycles. The van der Waals surface area contributed by atoms with Crippen molar-refractivity contribution in [2.24, 2.45) is 7.05 Å². The Morgan fingerprint density at radius 3 is 2.79 bits per heavy atom. The summed E-state index contributed by atoms with van der Waals surface area (Å²) in [4.78, 5) is 11.9. The van der Waals surface area contributed by atoms with E-state index in [1.807, 2.05) is 14.0 Å². The molecule has 1 aromatic heterocycles. The first-order chi connectivity index (χ1) is 9.00. The number of halogens is 1. The number of nitrogens with one attached hydrogen (secondary N) is 1. The summed E-state index contributed by atoms with van der Waals surface area (Å²) in [5, 5.41) is 6.79. The summed E-state index contributed by atoms with van der Waals surface area (Å²) in [6.45, 7) is 3.89. The molecule has 0 saturated carbocycles. The molecule has 5 heteroatoms. The van der Waals surface area contributed by atoms with E-state index < -0.39 is 11.7 Å². The van der Waals surface area contributed by atoms with Gasteiger partial charge in [-0.15, -0.1) is 0 Å². The van der Waals surface area contributed by atoms with Crippen LogP contribution >= 0.6 is 0 Å². The second kappa shape index (κ2) is 5.22. The maximum Gasteiger partial charge on any atom is 0.254 e. The average molecular weight is 261 g/mol. The Bertz CT molecular complexity index is 619. The number of hydrogen-bond donors (Lipinski definition) is 1. The summed E-state index contributed by atoms with van der Waals surface area (Å²) in [6, 6.07) is 4.79. The zero-order chi connectivity index (χ0) is 14.0. The predicted molar refractivity (Wildman–Crippen MR) is 70.3 cm³/mol. The van der Waals surface area contributed by atoms with Gasteiger partial charge in [-0.3, -0.25) is 9.48 Å². The van der Waals surface area contributed by atoms with Gasteiger partial charge in [0.05, 0.1) is 11.8 Å². The fraction of sp³-hybridized carbons (Fsp3) is 0.286. The van der Waals surface area contributed by atoms with Crippen molar-refractivity contribution in [3.63, 3.8) is 0 Å². The van der Waals surface area contributed by atoms with Gasteiger partial charge in [0.25, 0.3) is 5.91 Å². The molecule has 0 aliphatic heterocycles. The minimum absolute atomic E-state index is 0.0709. The van der Waals surface area contributed by atoms with Crippen LogP contribution in [0.3, 0.4) is 0 Å². The van der Waals surface area contributed by atoms with Crippen LogP contribution in [-0.4, -0.2) is 15.7 Å². The van der Waals surface area contributed by atoms with Gasteiger partial charge in [0.2, 0.25) is 0 Å². The maximum atomic E-state index is 13.8. The van der Waals surface area contributed by atoms with Crippen molar-refractivity contribution in [2.45, 2.75) is 20.4 Å². The lowest BCUT2D eigenvalue weighted by molar-refractivity contribution is 0.0946. The molecular weight excluding hydrogens is 245 g/mol. The average Bonchev–Trinajstić information content (AvgIpc) is 2.70. The van der Waals surface area contributed by atoms with Crippen LogP contribution in [0, 0.1) is 19.7 Å². The molecule has 0 fully saturated rings. The lowest BCUT2D eigenvalue weighted by Gasteiger charge is -2.07. The molecular formula is C14H16FN3O. The molecule has 1 N–H and O–H groups in total. The Morgan fingerprint density at radius 1 is 1.42 bits per heavy atom. The molecule has 0 radical (unpaired) electrons. The second-order valence-corrected chi connectivity index (χ2v) is 4.50. The van der Waals surface area contributed by atoms with E-state index >= 15 is 0 Å². The van der Waals surface area contributed by atoms with Gasteiger partial charge >= 0.3 is 0 Å². The molecule has 2 rings (SSSR count). The van der Waals surface area contributed by atoms with Crippen LogP contribution < -0.4 is 5.32 Å². The first-order valence-electron chi connectivity index (χ1n) is 6.01. The van der Waals surface area contributed by atoms with Gasteiger partial charge in [-0.25, -0.2) is 4.39 Å². The van der Waals surface area contributed by atoms with Crippen molar-refractivity contribution in [2.75, 3.05) is 0 Å². The summed E-state index contributed by atoms with van der Waals surface area (Å²) < 4.78 is 15.5. The first kappa shape index (κ1) is 13.3. The second-order valence-electron chi connectivity index (χ2n) is 4.50. The zero-order valence-electron chi connectivity index (χ0n) is 11.2. The Labute approximate surface area is 111 Å². The standard InChI is InChI=1S/C14H16FN3O/c1-9-5-4-6-12(13(9)15)14(19)16-7-11-8-17-18(3)10(11)2/h4-6,8H,7H2,1-3H3,(H,16,19). The zero-order valence-corrected chi connectivity index (χ0v) is 11.2. The van der Waals surface area contributed by atoms with Crippen molar-refractivity contribution in [1.29, 1.82) is 0 Å². The number of benzene rings is 1. The fourth-order valence-electron chi connectivity index (χ4n) is 1.81. The van der Waals surface area contributed by atoms with E-state index in [1.165, 1.54) is 6.07 Å². The van der Waals surface area contributed by atoms with Crippen LogP contribution in [0.15, 0.2) is 24.4 Å². The first-order valence-corrected chi connectivity index (χ1v) is 6.01. The SMILES string of the molecule is Cc1cccc(C(=O)NCc2cnn(C)c2C)c1F.